The van der Waals surface area contributed by atoms with Gasteiger partial charge in [-0.2, -0.15) is 4.31 Å². The van der Waals surface area contributed by atoms with Crippen molar-refractivity contribution < 1.29 is 13.2 Å². The topological polar surface area (TPSA) is 66.5 Å². The monoisotopic (exact) mass is 506 g/mol. The second-order valence-electron chi connectivity index (χ2n) is 8.01. The molecule has 2 aromatic rings. The van der Waals surface area contributed by atoms with Gasteiger partial charge in [0.15, 0.2) is 0 Å². The van der Waals surface area contributed by atoms with Crippen LogP contribution < -0.4 is 5.32 Å². The Balaban J connectivity index is 1.89. The number of aryl methyl sites for hydroxylation is 2. The lowest BCUT2D eigenvalue weighted by molar-refractivity contribution is -0.116. The first-order valence-corrected chi connectivity index (χ1v) is 13.3. The standard InChI is InChI=1S/C24H31BrN2O3S/c1-3-18-15-20(25)16-19(4-2)24(18)26-23(28)17-27(21-11-7-5-8-12-21)31(29,30)22-13-9-6-10-14-22/h6,9-10,13-16,21H,3-5,7-8,11-12,17H2,1-2H3,(H,26,28). The molecule has 0 unspecified atom stereocenters. The minimum atomic E-state index is -3.76. The molecule has 0 aromatic heterocycles. The van der Waals surface area contributed by atoms with Crippen LogP contribution in [0.15, 0.2) is 51.8 Å². The maximum atomic E-state index is 13.5. The quantitative estimate of drug-likeness (QED) is 0.511. The molecule has 1 aliphatic rings. The van der Waals surface area contributed by atoms with Crippen LogP contribution in [0.25, 0.3) is 0 Å². The number of hydrogen-bond donors (Lipinski definition) is 1. The number of benzene rings is 2. The number of nitrogens with one attached hydrogen (secondary N) is 1. The fraction of sp³-hybridized carbons (Fsp3) is 0.458. The van der Waals surface area contributed by atoms with Gasteiger partial charge in [-0.3, -0.25) is 4.79 Å². The first kappa shape index (κ1) is 24.0. The van der Waals surface area contributed by atoms with E-state index < -0.39 is 10.0 Å². The summed E-state index contributed by atoms with van der Waals surface area (Å²) in [4.78, 5) is 13.4. The van der Waals surface area contributed by atoms with Crippen LogP contribution in [-0.2, 0) is 27.7 Å². The minimum Gasteiger partial charge on any atom is -0.324 e. The van der Waals surface area contributed by atoms with Gasteiger partial charge in [0, 0.05) is 16.2 Å². The summed E-state index contributed by atoms with van der Waals surface area (Å²) in [5.41, 5.74) is 2.88. The van der Waals surface area contributed by atoms with Crippen LogP contribution in [0, 0.1) is 0 Å². The van der Waals surface area contributed by atoms with Gasteiger partial charge in [0.25, 0.3) is 0 Å². The van der Waals surface area contributed by atoms with Crippen molar-refractivity contribution in [3.63, 3.8) is 0 Å². The van der Waals surface area contributed by atoms with Gasteiger partial charge in [-0.1, -0.05) is 67.2 Å². The van der Waals surface area contributed by atoms with Crippen LogP contribution in [0.3, 0.4) is 0 Å². The maximum absolute atomic E-state index is 13.5. The van der Waals surface area contributed by atoms with Crippen LogP contribution in [0.2, 0.25) is 0 Å². The lowest BCUT2D eigenvalue weighted by Gasteiger charge is -2.33. The highest BCUT2D eigenvalue weighted by molar-refractivity contribution is 9.10. The molecule has 5 nitrogen and oxygen atoms in total. The zero-order chi connectivity index (χ0) is 22.4. The number of carbonyl (C=O) groups is 1. The minimum absolute atomic E-state index is 0.147. The Morgan fingerprint density at radius 1 is 1.03 bits per heavy atom. The highest BCUT2D eigenvalue weighted by Gasteiger charge is 2.34. The largest absolute Gasteiger partial charge is 0.324 e. The summed E-state index contributed by atoms with van der Waals surface area (Å²) < 4.78 is 29.3. The molecule has 0 aliphatic heterocycles. The second kappa shape index (κ2) is 10.7. The van der Waals surface area contributed by atoms with Crippen molar-refractivity contribution in [2.75, 3.05) is 11.9 Å². The van der Waals surface area contributed by atoms with Crippen molar-refractivity contribution in [1.29, 1.82) is 0 Å². The molecule has 1 fully saturated rings. The SMILES string of the molecule is CCc1cc(Br)cc(CC)c1NC(=O)CN(C1CCCCC1)S(=O)(=O)c1ccccc1. The molecule has 0 heterocycles. The van der Waals surface area contributed by atoms with Crippen molar-refractivity contribution in [2.24, 2.45) is 0 Å². The van der Waals surface area contributed by atoms with Crippen molar-refractivity contribution in [2.45, 2.75) is 69.7 Å². The Labute approximate surface area is 194 Å². The van der Waals surface area contributed by atoms with Crippen LogP contribution in [0.5, 0.6) is 0 Å². The first-order chi connectivity index (χ1) is 14.9. The van der Waals surface area contributed by atoms with E-state index in [1.165, 1.54) is 4.31 Å². The predicted octanol–water partition coefficient (Wildman–Crippen LogP) is 5.54. The molecule has 2 aromatic carbocycles. The zero-order valence-corrected chi connectivity index (χ0v) is 20.6. The lowest BCUT2D eigenvalue weighted by Crippen LogP contribution is -2.45. The van der Waals surface area contributed by atoms with Crippen molar-refractivity contribution in [3.05, 3.63) is 58.1 Å². The highest BCUT2D eigenvalue weighted by atomic mass is 79.9. The number of anilines is 1. The molecule has 1 aliphatic carbocycles. The fourth-order valence-electron chi connectivity index (χ4n) is 4.27. The van der Waals surface area contributed by atoms with E-state index in [2.05, 4.69) is 21.2 Å². The zero-order valence-electron chi connectivity index (χ0n) is 18.2. The van der Waals surface area contributed by atoms with Gasteiger partial charge in [-0.15, -0.1) is 0 Å². The molecular formula is C24H31BrN2O3S. The summed E-state index contributed by atoms with van der Waals surface area (Å²) in [6, 6.07) is 12.3. The number of nitrogens with zero attached hydrogens (tertiary/aromatic N) is 1. The predicted molar refractivity (Wildman–Crippen MR) is 129 cm³/mol. The number of halogens is 1. The third-order valence-corrected chi connectivity index (χ3v) is 8.29. The van der Waals surface area contributed by atoms with Gasteiger partial charge in [0.1, 0.15) is 0 Å². The van der Waals surface area contributed by atoms with Crippen LogP contribution >= 0.6 is 15.9 Å². The van der Waals surface area contributed by atoms with Crippen LogP contribution in [0.1, 0.15) is 57.1 Å². The number of carbonyl (C=O) groups excluding carboxylic acids is 1. The van der Waals surface area contributed by atoms with Crippen molar-refractivity contribution in [1.82, 2.24) is 4.31 Å². The third-order valence-electron chi connectivity index (χ3n) is 5.92. The molecule has 1 amide bonds. The average molecular weight is 507 g/mol. The number of rotatable bonds is 8. The molecule has 31 heavy (non-hydrogen) atoms. The summed E-state index contributed by atoms with van der Waals surface area (Å²) in [5, 5.41) is 3.04. The molecular weight excluding hydrogens is 476 g/mol. The van der Waals surface area contributed by atoms with E-state index in [1.807, 2.05) is 26.0 Å². The molecule has 0 bridgehead atoms. The van der Waals surface area contributed by atoms with Gasteiger partial charge in [0.05, 0.1) is 11.4 Å². The Kier molecular flexibility index (Phi) is 8.30. The van der Waals surface area contributed by atoms with Crippen LogP contribution in [0.4, 0.5) is 5.69 Å². The molecule has 0 atom stereocenters. The van der Waals surface area contributed by atoms with E-state index in [0.717, 1.165) is 66.2 Å². The Morgan fingerprint density at radius 2 is 1.61 bits per heavy atom. The Morgan fingerprint density at radius 3 is 2.16 bits per heavy atom. The fourth-order valence-corrected chi connectivity index (χ4v) is 6.49. The molecule has 0 saturated heterocycles. The smallest absolute Gasteiger partial charge is 0.243 e. The first-order valence-electron chi connectivity index (χ1n) is 11.0. The average Bonchev–Trinajstić information content (AvgIpc) is 2.79. The van der Waals surface area contributed by atoms with Gasteiger partial charge in [-0.05, 0) is 61.1 Å². The van der Waals surface area contributed by atoms with Crippen molar-refractivity contribution in [3.8, 4) is 0 Å². The maximum Gasteiger partial charge on any atom is 0.243 e. The summed E-state index contributed by atoms with van der Waals surface area (Å²) in [6.45, 7) is 3.92. The van der Waals surface area contributed by atoms with Gasteiger partial charge >= 0.3 is 0 Å². The number of hydrogen-bond acceptors (Lipinski definition) is 3. The molecule has 0 radical (unpaired) electrons. The molecule has 168 valence electrons. The van der Waals surface area contributed by atoms with E-state index in [0.29, 0.717) is 0 Å². The summed E-state index contributed by atoms with van der Waals surface area (Å²) in [7, 11) is -3.76. The molecule has 0 spiro atoms. The van der Waals surface area contributed by atoms with E-state index in [9.17, 15) is 13.2 Å². The van der Waals surface area contributed by atoms with Gasteiger partial charge in [0.2, 0.25) is 15.9 Å². The summed E-state index contributed by atoms with van der Waals surface area (Å²) in [6.07, 6.45) is 6.21. The van der Waals surface area contributed by atoms with E-state index in [4.69, 9.17) is 0 Å². The number of amides is 1. The molecule has 1 saturated carbocycles. The third kappa shape index (κ3) is 5.76. The lowest BCUT2D eigenvalue weighted by atomic mass is 9.95. The van der Waals surface area contributed by atoms with E-state index >= 15 is 0 Å². The van der Waals surface area contributed by atoms with E-state index in [-0.39, 0.29) is 23.4 Å². The van der Waals surface area contributed by atoms with Crippen molar-refractivity contribution >= 4 is 37.5 Å². The van der Waals surface area contributed by atoms with Gasteiger partial charge in [-0.25, -0.2) is 8.42 Å². The Bertz CT molecular complexity index is 978. The summed E-state index contributed by atoms with van der Waals surface area (Å²) >= 11 is 3.54. The van der Waals surface area contributed by atoms with Crippen LogP contribution in [-0.4, -0.2) is 31.2 Å². The molecule has 3 rings (SSSR count). The molecule has 1 N–H and O–H groups in total. The second-order valence-corrected chi connectivity index (χ2v) is 10.8. The normalized spacial score (nSPS) is 15.2. The van der Waals surface area contributed by atoms with E-state index in [1.54, 1.807) is 30.3 Å². The number of sulfonamides is 1. The summed E-state index contributed by atoms with van der Waals surface area (Å²) in [5.74, 6) is -0.295. The Hall–Kier alpha value is -1.70. The highest BCUT2D eigenvalue weighted by Crippen LogP contribution is 2.30. The molecule has 7 heteroatoms. The van der Waals surface area contributed by atoms with Gasteiger partial charge < -0.3 is 5.32 Å².